The van der Waals surface area contributed by atoms with Crippen molar-refractivity contribution in [3.05, 3.63) is 98.0 Å². The maximum Gasteiger partial charge on any atom is 0.343 e. The third kappa shape index (κ3) is 5.26. The zero-order valence-corrected chi connectivity index (χ0v) is 17.8. The molecule has 158 valence electrons. The van der Waals surface area contributed by atoms with Crippen molar-refractivity contribution in [2.45, 2.75) is 13.0 Å². The average molecular weight is 485 g/mol. The first kappa shape index (κ1) is 22.0. The van der Waals surface area contributed by atoms with Gasteiger partial charge in [-0.1, -0.05) is 42.0 Å². The number of halogens is 1. The van der Waals surface area contributed by atoms with Crippen molar-refractivity contribution in [2.75, 3.05) is 5.32 Å². The summed E-state index contributed by atoms with van der Waals surface area (Å²) in [5, 5.41) is 23.5. The van der Waals surface area contributed by atoms with Gasteiger partial charge in [0.15, 0.2) is 0 Å². The van der Waals surface area contributed by atoms with Gasteiger partial charge in [0, 0.05) is 22.2 Å². The minimum atomic E-state index is -1.32. The number of nitro groups is 1. The number of anilines is 1. The van der Waals surface area contributed by atoms with Crippen molar-refractivity contribution < 1.29 is 24.4 Å². The molecule has 1 unspecified atom stereocenters. The second-order valence-corrected chi connectivity index (χ2v) is 7.48. The molecule has 0 radical (unpaired) electrons. The number of ether oxygens (including phenoxy) is 1. The van der Waals surface area contributed by atoms with Gasteiger partial charge in [-0.2, -0.15) is 0 Å². The van der Waals surface area contributed by atoms with Gasteiger partial charge in [-0.05, 0) is 41.1 Å². The fourth-order valence-electron chi connectivity index (χ4n) is 2.80. The fourth-order valence-corrected chi connectivity index (χ4v) is 3.27. The number of rotatable bonds is 6. The highest BCUT2D eigenvalue weighted by atomic mass is 79.9. The number of non-ortho nitro benzene ring substituents is 1. The number of esters is 1. The molecule has 0 heterocycles. The molecule has 3 aromatic carbocycles. The number of hydrogen-bond donors (Lipinski definition) is 2. The Kier molecular flexibility index (Phi) is 6.66. The molecule has 1 amide bonds. The van der Waals surface area contributed by atoms with E-state index in [1.165, 1.54) is 30.3 Å². The number of carbonyl (C=O) groups is 2. The monoisotopic (exact) mass is 484 g/mol. The van der Waals surface area contributed by atoms with Crippen molar-refractivity contribution in [2.24, 2.45) is 0 Å². The maximum absolute atomic E-state index is 13.0. The van der Waals surface area contributed by atoms with Crippen LogP contribution in [0.15, 0.2) is 71.2 Å². The average Bonchev–Trinajstić information content (AvgIpc) is 2.75. The molecular weight excluding hydrogens is 468 g/mol. The van der Waals surface area contributed by atoms with E-state index in [-0.39, 0.29) is 22.7 Å². The molecule has 0 spiro atoms. The first-order valence-corrected chi connectivity index (χ1v) is 9.86. The number of amides is 1. The lowest BCUT2D eigenvalue weighted by atomic mass is 10.1. The van der Waals surface area contributed by atoms with Crippen molar-refractivity contribution >= 4 is 39.2 Å². The summed E-state index contributed by atoms with van der Waals surface area (Å²) < 4.78 is 5.76. The molecular formula is C22H17BrN2O6. The molecule has 1 atom stereocenters. The molecule has 8 nitrogen and oxygen atoms in total. The predicted octanol–water partition coefficient (Wildman–Crippen LogP) is 4.91. The summed E-state index contributed by atoms with van der Waals surface area (Å²) >= 11 is 3.19. The Balaban J connectivity index is 1.89. The van der Waals surface area contributed by atoms with Crippen LogP contribution in [0.3, 0.4) is 0 Å². The summed E-state index contributed by atoms with van der Waals surface area (Å²) in [5.41, 5.74) is 1.21. The number of aromatic hydroxyl groups is 1. The van der Waals surface area contributed by atoms with Gasteiger partial charge in [0.1, 0.15) is 11.3 Å². The number of nitrogens with zero attached hydrogens (tertiary/aromatic N) is 1. The van der Waals surface area contributed by atoms with Gasteiger partial charge in [-0.25, -0.2) is 4.79 Å². The molecule has 0 bridgehead atoms. The molecule has 0 fully saturated rings. The Morgan fingerprint density at radius 2 is 1.81 bits per heavy atom. The number of benzene rings is 3. The second kappa shape index (κ2) is 9.40. The lowest BCUT2D eigenvalue weighted by molar-refractivity contribution is -0.384. The van der Waals surface area contributed by atoms with Crippen LogP contribution in [0.25, 0.3) is 0 Å². The summed E-state index contributed by atoms with van der Waals surface area (Å²) in [6.07, 6.45) is -1.32. The Hall–Kier alpha value is -3.72. The van der Waals surface area contributed by atoms with Gasteiger partial charge in [0.2, 0.25) is 6.10 Å². The molecule has 0 saturated carbocycles. The molecule has 0 aliphatic carbocycles. The third-order valence-electron chi connectivity index (χ3n) is 4.36. The fraction of sp³-hybridized carbons (Fsp3) is 0.0909. The van der Waals surface area contributed by atoms with Gasteiger partial charge in [0.25, 0.3) is 11.6 Å². The van der Waals surface area contributed by atoms with Crippen molar-refractivity contribution in [3.63, 3.8) is 0 Å². The summed E-state index contributed by atoms with van der Waals surface area (Å²) in [4.78, 5) is 36.0. The normalized spacial score (nSPS) is 11.4. The first-order valence-electron chi connectivity index (χ1n) is 9.06. The number of phenols is 1. The van der Waals surface area contributed by atoms with Crippen LogP contribution in [-0.2, 0) is 9.53 Å². The van der Waals surface area contributed by atoms with Crippen LogP contribution in [0.4, 0.5) is 11.4 Å². The Morgan fingerprint density at radius 1 is 1.10 bits per heavy atom. The Morgan fingerprint density at radius 3 is 2.45 bits per heavy atom. The zero-order chi connectivity index (χ0) is 22.5. The SMILES string of the molecule is Cc1ccc(O)c(C(=O)OC(C(=O)Nc2ccc([N+](=O)[O-])cc2Br)c2ccccc2)c1. The van der Waals surface area contributed by atoms with Crippen molar-refractivity contribution in [3.8, 4) is 5.75 Å². The topological polar surface area (TPSA) is 119 Å². The highest BCUT2D eigenvalue weighted by Gasteiger charge is 2.27. The summed E-state index contributed by atoms with van der Waals surface area (Å²) in [7, 11) is 0. The molecule has 0 aromatic heterocycles. The molecule has 31 heavy (non-hydrogen) atoms. The maximum atomic E-state index is 13.0. The van der Waals surface area contributed by atoms with Crippen LogP contribution in [0.5, 0.6) is 5.75 Å². The minimum Gasteiger partial charge on any atom is -0.507 e. The van der Waals surface area contributed by atoms with E-state index in [1.54, 1.807) is 43.3 Å². The predicted molar refractivity (Wildman–Crippen MR) is 117 cm³/mol. The van der Waals surface area contributed by atoms with E-state index in [4.69, 9.17) is 4.74 Å². The lowest BCUT2D eigenvalue weighted by Crippen LogP contribution is -2.26. The van der Waals surface area contributed by atoms with Crippen LogP contribution in [0, 0.1) is 17.0 Å². The van der Waals surface area contributed by atoms with Gasteiger partial charge in [0.05, 0.1) is 10.6 Å². The molecule has 9 heteroatoms. The number of carbonyl (C=O) groups excluding carboxylic acids is 2. The molecule has 3 rings (SSSR count). The lowest BCUT2D eigenvalue weighted by Gasteiger charge is -2.19. The van der Waals surface area contributed by atoms with Crippen molar-refractivity contribution in [1.82, 2.24) is 0 Å². The minimum absolute atomic E-state index is 0.0646. The van der Waals surface area contributed by atoms with Crippen LogP contribution >= 0.6 is 15.9 Å². The Labute approximate surface area is 185 Å². The number of phenolic OH excluding ortho intramolecular Hbond substituents is 1. The zero-order valence-electron chi connectivity index (χ0n) is 16.2. The van der Waals surface area contributed by atoms with E-state index in [0.717, 1.165) is 5.56 Å². The molecule has 0 saturated heterocycles. The van der Waals surface area contributed by atoms with Crippen LogP contribution in [-0.4, -0.2) is 21.9 Å². The smallest absolute Gasteiger partial charge is 0.343 e. The largest absolute Gasteiger partial charge is 0.507 e. The van der Waals surface area contributed by atoms with E-state index in [9.17, 15) is 24.8 Å². The molecule has 0 aliphatic rings. The van der Waals surface area contributed by atoms with E-state index in [0.29, 0.717) is 10.0 Å². The second-order valence-electron chi connectivity index (χ2n) is 6.63. The summed E-state index contributed by atoms with van der Waals surface area (Å²) in [6, 6.07) is 16.7. The molecule has 0 aliphatic heterocycles. The van der Waals surface area contributed by atoms with Gasteiger partial charge >= 0.3 is 5.97 Å². The molecule has 2 N–H and O–H groups in total. The van der Waals surface area contributed by atoms with Gasteiger partial charge in [-0.3, -0.25) is 14.9 Å². The van der Waals surface area contributed by atoms with Crippen LogP contribution in [0.1, 0.15) is 27.6 Å². The van der Waals surface area contributed by atoms with Gasteiger partial charge < -0.3 is 15.2 Å². The first-order chi connectivity index (χ1) is 14.8. The van der Waals surface area contributed by atoms with Crippen molar-refractivity contribution in [1.29, 1.82) is 0 Å². The molecule has 3 aromatic rings. The van der Waals surface area contributed by atoms with E-state index < -0.39 is 22.9 Å². The van der Waals surface area contributed by atoms with E-state index >= 15 is 0 Å². The van der Waals surface area contributed by atoms with Crippen LogP contribution in [0.2, 0.25) is 0 Å². The number of nitro benzene ring substituents is 1. The van der Waals surface area contributed by atoms with E-state index in [2.05, 4.69) is 21.2 Å². The number of hydrogen-bond acceptors (Lipinski definition) is 6. The summed E-state index contributed by atoms with van der Waals surface area (Å²) in [6.45, 7) is 1.75. The number of aryl methyl sites for hydroxylation is 1. The van der Waals surface area contributed by atoms with E-state index in [1.807, 2.05) is 0 Å². The van der Waals surface area contributed by atoms with Gasteiger partial charge in [-0.15, -0.1) is 0 Å². The third-order valence-corrected chi connectivity index (χ3v) is 5.01. The Bertz CT molecular complexity index is 1150. The van der Waals surface area contributed by atoms with Crippen LogP contribution < -0.4 is 5.32 Å². The number of nitrogens with one attached hydrogen (secondary N) is 1. The quantitative estimate of drug-likeness (QED) is 0.291. The highest BCUT2D eigenvalue weighted by Crippen LogP contribution is 2.30. The highest BCUT2D eigenvalue weighted by molar-refractivity contribution is 9.10. The summed E-state index contributed by atoms with van der Waals surface area (Å²) in [5.74, 6) is -1.80. The standard InChI is InChI=1S/C22H17BrN2O6/c1-13-7-10-19(26)16(11-13)22(28)31-20(14-5-3-2-4-6-14)21(27)24-18-9-8-15(25(29)30)12-17(18)23/h2-12,20,26H,1H3,(H,24,27).